The number of hydrogen-bond donors (Lipinski definition) is 1. The number of carbonyl (C=O) groups excluding carboxylic acids is 1. The van der Waals surface area contributed by atoms with E-state index in [4.69, 9.17) is 20.9 Å². The lowest BCUT2D eigenvalue weighted by atomic mass is 10.1. The number of nitrogens with zero attached hydrogens (tertiary/aromatic N) is 3. The highest BCUT2D eigenvalue weighted by molar-refractivity contribution is 6.31. The summed E-state index contributed by atoms with van der Waals surface area (Å²) >= 11 is 6.18. The lowest BCUT2D eigenvalue weighted by molar-refractivity contribution is -0.119. The Labute approximate surface area is 195 Å². The molecule has 2 aromatic carbocycles. The number of aromatic nitrogens is 3. The van der Waals surface area contributed by atoms with E-state index in [1.807, 2.05) is 32.0 Å². The zero-order valence-electron chi connectivity index (χ0n) is 18.7. The van der Waals surface area contributed by atoms with Crippen LogP contribution in [-0.2, 0) is 4.79 Å². The molecule has 1 N–H and O–H groups in total. The minimum Gasteiger partial charge on any atom is -0.497 e. The largest absolute Gasteiger partial charge is 0.497 e. The number of hydrogen-bond acceptors (Lipinski definition) is 6. The van der Waals surface area contributed by atoms with Crippen LogP contribution in [0, 0.1) is 13.8 Å². The van der Waals surface area contributed by atoms with E-state index in [0.29, 0.717) is 39.7 Å². The van der Waals surface area contributed by atoms with Crippen LogP contribution in [-0.4, -0.2) is 28.0 Å². The van der Waals surface area contributed by atoms with Gasteiger partial charge in [0.15, 0.2) is 5.52 Å². The van der Waals surface area contributed by atoms with Crippen molar-refractivity contribution in [1.82, 2.24) is 14.9 Å². The molecule has 0 aliphatic carbocycles. The van der Waals surface area contributed by atoms with Crippen molar-refractivity contribution in [3.8, 4) is 17.0 Å². The molecule has 0 aliphatic rings. The highest BCUT2D eigenvalue weighted by Crippen LogP contribution is 2.29. The molecule has 0 radical (unpaired) electrons. The average molecular weight is 467 g/mol. The Morgan fingerprint density at radius 1 is 1.21 bits per heavy atom. The van der Waals surface area contributed by atoms with Gasteiger partial charge in [-0.15, -0.1) is 0 Å². The van der Waals surface area contributed by atoms with E-state index in [9.17, 15) is 9.59 Å². The van der Waals surface area contributed by atoms with Gasteiger partial charge >= 0.3 is 0 Å². The molecule has 8 nitrogen and oxygen atoms in total. The van der Waals surface area contributed by atoms with Crippen LogP contribution in [0.3, 0.4) is 0 Å². The van der Waals surface area contributed by atoms with Crippen molar-refractivity contribution >= 4 is 34.1 Å². The second-order valence-corrected chi connectivity index (χ2v) is 8.07. The van der Waals surface area contributed by atoms with Crippen molar-refractivity contribution in [2.75, 3.05) is 12.4 Å². The molecule has 0 fully saturated rings. The van der Waals surface area contributed by atoms with E-state index >= 15 is 0 Å². The van der Waals surface area contributed by atoms with Gasteiger partial charge in [-0.05, 0) is 62.2 Å². The van der Waals surface area contributed by atoms with Crippen molar-refractivity contribution < 1.29 is 14.1 Å². The Morgan fingerprint density at radius 3 is 2.58 bits per heavy atom. The Morgan fingerprint density at radius 2 is 1.94 bits per heavy atom. The lowest BCUT2D eigenvalue weighted by Crippen LogP contribution is -2.35. The van der Waals surface area contributed by atoms with Crippen molar-refractivity contribution in [3.63, 3.8) is 0 Å². The van der Waals surface area contributed by atoms with E-state index < -0.39 is 11.6 Å². The molecule has 1 amide bonds. The molecule has 0 spiro atoms. The van der Waals surface area contributed by atoms with Crippen LogP contribution in [0.2, 0.25) is 5.02 Å². The van der Waals surface area contributed by atoms with Crippen molar-refractivity contribution in [1.29, 1.82) is 0 Å². The molecule has 2 aromatic heterocycles. The van der Waals surface area contributed by atoms with Crippen LogP contribution in [0.15, 0.2) is 51.8 Å². The number of benzene rings is 2. The van der Waals surface area contributed by atoms with Gasteiger partial charge < -0.3 is 14.6 Å². The first-order chi connectivity index (χ1) is 15.8. The summed E-state index contributed by atoms with van der Waals surface area (Å²) in [5, 5.41) is 12.4. The maximum atomic E-state index is 13.2. The summed E-state index contributed by atoms with van der Waals surface area (Å²) in [5.74, 6) is 0.777. The molecule has 9 heteroatoms. The summed E-state index contributed by atoms with van der Waals surface area (Å²) in [5.41, 5.74) is 2.30. The maximum absolute atomic E-state index is 13.2. The zero-order chi connectivity index (χ0) is 23.7. The quantitative estimate of drug-likeness (QED) is 0.433. The van der Waals surface area contributed by atoms with Gasteiger partial charge in [0.2, 0.25) is 5.91 Å². The topological polar surface area (TPSA) is 99.2 Å². The Hall–Kier alpha value is -3.65. The third-order valence-corrected chi connectivity index (χ3v) is 5.91. The second-order valence-electron chi connectivity index (χ2n) is 7.67. The third-order valence-electron chi connectivity index (χ3n) is 5.51. The summed E-state index contributed by atoms with van der Waals surface area (Å²) in [6, 6.07) is 11.6. The van der Waals surface area contributed by atoms with Crippen molar-refractivity contribution in [2.45, 2.75) is 33.2 Å². The summed E-state index contributed by atoms with van der Waals surface area (Å²) in [6.07, 6.45) is 0.336. The number of carbonyl (C=O) groups is 1. The third kappa shape index (κ3) is 4.21. The first kappa shape index (κ1) is 22.5. The number of ether oxygens (including phenoxy) is 1. The van der Waals surface area contributed by atoms with E-state index in [1.54, 1.807) is 38.3 Å². The number of amides is 1. The normalized spacial score (nSPS) is 12.0. The molecule has 4 rings (SSSR count). The number of methoxy groups -OCH3 is 1. The fourth-order valence-corrected chi connectivity index (χ4v) is 3.82. The number of aryl methyl sites for hydroxylation is 2. The average Bonchev–Trinajstić information content (AvgIpc) is 3.20. The molecule has 4 aromatic rings. The summed E-state index contributed by atoms with van der Waals surface area (Å²) < 4.78 is 11.7. The summed E-state index contributed by atoms with van der Waals surface area (Å²) in [7, 11) is 1.58. The van der Waals surface area contributed by atoms with Gasteiger partial charge in [0.1, 0.15) is 23.2 Å². The van der Waals surface area contributed by atoms with E-state index in [1.165, 1.54) is 4.68 Å². The van der Waals surface area contributed by atoms with E-state index in [-0.39, 0.29) is 11.4 Å². The van der Waals surface area contributed by atoms with Gasteiger partial charge in [-0.3, -0.25) is 9.59 Å². The van der Waals surface area contributed by atoms with Crippen LogP contribution >= 0.6 is 11.6 Å². The molecular weight excluding hydrogens is 444 g/mol. The molecule has 0 unspecified atom stereocenters. The summed E-state index contributed by atoms with van der Waals surface area (Å²) in [6.45, 7) is 5.41. The highest BCUT2D eigenvalue weighted by Gasteiger charge is 2.26. The minimum atomic E-state index is -0.865. The van der Waals surface area contributed by atoms with Gasteiger partial charge in [-0.25, -0.2) is 4.68 Å². The van der Waals surface area contributed by atoms with Crippen LogP contribution in [0.4, 0.5) is 5.69 Å². The van der Waals surface area contributed by atoms with Crippen LogP contribution in [0.5, 0.6) is 5.75 Å². The van der Waals surface area contributed by atoms with Crippen molar-refractivity contribution in [2.24, 2.45) is 0 Å². The van der Waals surface area contributed by atoms with Crippen LogP contribution < -0.4 is 15.6 Å². The second kappa shape index (κ2) is 9.07. The first-order valence-electron chi connectivity index (χ1n) is 10.4. The smallest absolute Gasteiger partial charge is 0.297 e. The molecule has 0 saturated carbocycles. The van der Waals surface area contributed by atoms with Gasteiger partial charge in [0, 0.05) is 16.3 Å². The van der Waals surface area contributed by atoms with Crippen LogP contribution in [0.25, 0.3) is 22.2 Å². The molecule has 170 valence electrons. The molecule has 33 heavy (non-hydrogen) atoms. The van der Waals surface area contributed by atoms with Crippen molar-refractivity contribution in [3.05, 3.63) is 69.2 Å². The fourth-order valence-electron chi connectivity index (χ4n) is 3.64. The molecule has 2 heterocycles. The Bertz CT molecular complexity index is 1390. The number of fused-ring (bicyclic) bond motifs is 1. The molecule has 0 aliphatic heterocycles. The minimum absolute atomic E-state index is 0.123. The SMILES string of the molecule is CC[C@H](C(=O)Nc1ccc(C)c(Cl)c1)n1nc(-c2ccc(OC)cc2)c2c(C)onc2c1=O. The standard InChI is InChI=1S/C24H23ClN4O4/c1-5-19(23(30)26-16-9-6-13(2)18(25)12-16)29-24(31)22-20(14(3)33-28-22)21(27-29)15-7-10-17(32-4)11-8-15/h6-12,19H,5H2,1-4H3,(H,26,30)/t19-/m1/s1. The Balaban J connectivity index is 1.81. The fraction of sp³-hybridized carbons (Fsp3) is 0.250. The van der Waals surface area contributed by atoms with Gasteiger partial charge in [-0.1, -0.05) is 29.7 Å². The van der Waals surface area contributed by atoms with Gasteiger partial charge in [0.25, 0.3) is 5.56 Å². The number of halogens is 1. The molecule has 0 bridgehead atoms. The zero-order valence-corrected chi connectivity index (χ0v) is 19.4. The van der Waals surface area contributed by atoms with E-state index in [0.717, 1.165) is 11.1 Å². The summed E-state index contributed by atoms with van der Waals surface area (Å²) in [4.78, 5) is 26.4. The molecular formula is C24H23ClN4O4. The molecule has 0 saturated heterocycles. The van der Waals surface area contributed by atoms with Gasteiger partial charge in [-0.2, -0.15) is 5.10 Å². The number of rotatable bonds is 6. The van der Waals surface area contributed by atoms with Crippen LogP contribution in [0.1, 0.15) is 30.7 Å². The predicted octanol–water partition coefficient (Wildman–Crippen LogP) is 4.92. The lowest BCUT2D eigenvalue weighted by Gasteiger charge is -2.18. The first-order valence-corrected chi connectivity index (χ1v) is 10.8. The molecule has 1 atom stereocenters. The number of anilines is 1. The Kier molecular flexibility index (Phi) is 6.20. The predicted molar refractivity (Wildman–Crippen MR) is 127 cm³/mol. The number of nitrogens with one attached hydrogen (secondary N) is 1. The van der Waals surface area contributed by atoms with E-state index in [2.05, 4.69) is 15.6 Å². The maximum Gasteiger partial charge on any atom is 0.297 e. The monoisotopic (exact) mass is 466 g/mol. The van der Waals surface area contributed by atoms with Gasteiger partial charge in [0.05, 0.1) is 12.5 Å². The highest BCUT2D eigenvalue weighted by atomic mass is 35.5.